The van der Waals surface area contributed by atoms with E-state index in [-0.39, 0.29) is 11.9 Å². The average molecular weight is 519 g/mol. The molecule has 7 nitrogen and oxygen atoms in total. The van der Waals surface area contributed by atoms with E-state index in [4.69, 9.17) is 4.98 Å². The van der Waals surface area contributed by atoms with Gasteiger partial charge in [-0.1, -0.05) is 25.8 Å². The van der Waals surface area contributed by atoms with Gasteiger partial charge in [-0.3, -0.25) is 4.90 Å². The lowest BCUT2D eigenvalue weighted by Gasteiger charge is -2.32. The number of nitrogens with one attached hydrogen (secondary N) is 2. The fourth-order valence-corrected chi connectivity index (χ4v) is 7.04. The largest absolute Gasteiger partial charge is 0.346 e. The molecule has 1 saturated carbocycles. The van der Waals surface area contributed by atoms with E-state index in [0.29, 0.717) is 12.6 Å². The van der Waals surface area contributed by atoms with Crippen LogP contribution in [0.15, 0.2) is 36.7 Å². The summed E-state index contributed by atoms with van der Waals surface area (Å²) in [6.07, 6.45) is 11.0. The van der Waals surface area contributed by atoms with Gasteiger partial charge in [0.1, 0.15) is 5.65 Å². The van der Waals surface area contributed by atoms with Crippen molar-refractivity contribution in [2.45, 2.75) is 45.2 Å². The second-order valence-electron chi connectivity index (χ2n) is 11.1. The Morgan fingerprint density at radius 2 is 2.00 bits per heavy atom. The van der Waals surface area contributed by atoms with Crippen molar-refractivity contribution in [1.29, 1.82) is 0 Å². The summed E-state index contributed by atoms with van der Waals surface area (Å²) in [6.45, 7) is 9.20. The highest BCUT2D eigenvalue weighted by atomic mass is 32.1. The summed E-state index contributed by atoms with van der Waals surface area (Å²) in [5, 5.41) is 4.40. The van der Waals surface area contributed by atoms with Gasteiger partial charge in [-0.15, -0.1) is 11.3 Å². The van der Waals surface area contributed by atoms with E-state index in [0.717, 1.165) is 63.1 Å². The predicted molar refractivity (Wildman–Crippen MR) is 152 cm³/mol. The molecule has 0 spiro atoms. The molecular formula is C29H38N6OS. The van der Waals surface area contributed by atoms with Crippen LogP contribution in [0, 0.1) is 5.92 Å². The minimum absolute atomic E-state index is 0.0852. The minimum Gasteiger partial charge on any atom is -0.346 e. The minimum atomic E-state index is 0.0852. The highest BCUT2D eigenvalue weighted by Gasteiger charge is 2.27. The Balaban J connectivity index is 1.18. The summed E-state index contributed by atoms with van der Waals surface area (Å²) >= 11 is 1.88. The number of fused-ring (bicyclic) bond motifs is 1. The van der Waals surface area contributed by atoms with Gasteiger partial charge in [0.05, 0.1) is 0 Å². The molecule has 0 aromatic carbocycles. The Morgan fingerprint density at radius 1 is 1.19 bits per heavy atom. The van der Waals surface area contributed by atoms with Gasteiger partial charge in [0.25, 0.3) is 0 Å². The molecule has 1 aliphatic carbocycles. The second kappa shape index (κ2) is 10.6. The third-order valence-corrected chi connectivity index (χ3v) is 9.41. The van der Waals surface area contributed by atoms with Crippen molar-refractivity contribution in [3.8, 4) is 10.4 Å². The SMILES string of the molecule is CC1CN(C(=O)NC2CCCC2)CC=C1c1c[nH]c2ncc(-c3ccc(CN4CCN(C)CC4)s3)cc12. The molecule has 196 valence electrons. The number of piperazine rings is 1. The number of amides is 2. The molecule has 2 aliphatic heterocycles. The van der Waals surface area contributed by atoms with Crippen LogP contribution >= 0.6 is 11.3 Å². The van der Waals surface area contributed by atoms with Crippen LogP contribution in [0.2, 0.25) is 0 Å². The number of carbonyl (C=O) groups excluding carboxylic acids is 1. The zero-order valence-corrected chi connectivity index (χ0v) is 22.8. The molecule has 1 atom stereocenters. The van der Waals surface area contributed by atoms with E-state index in [2.05, 4.69) is 64.5 Å². The van der Waals surface area contributed by atoms with Gasteiger partial charge in [0.15, 0.2) is 0 Å². The van der Waals surface area contributed by atoms with Gasteiger partial charge in [0.2, 0.25) is 0 Å². The van der Waals surface area contributed by atoms with Crippen molar-refractivity contribution < 1.29 is 4.79 Å². The van der Waals surface area contributed by atoms with Crippen molar-refractivity contribution in [3.05, 3.63) is 47.1 Å². The molecule has 5 heterocycles. The first-order chi connectivity index (χ1) is 18.0. The van der Waals surface area contributed by atoms with E-state index in [9.17, 15) is 4.79 Å². The summed E-state index contributed by atoms with van der Waals surface area (Å²) < 4.78 is 0. The highest BCUT2D eigenvalue weighted by molar-refractivity contribution is 7.15. The number of carbonyl (C=O) groups is 1. The number of nitrogens with zero attached hydrogens (tertiary/aromatic N) is 4. The molecule has 2 N–H and O–H groups in total. The third kappa shape index (κ3) is 5.33. The molecule has 8 heteroatoms. The number of likely N-dealkylation sites (N-methyl/N-ethyl adjacent to an activating group) is 1. The van der Waals surface area contributed by atoms with Gasteiger partial charge in [0, 0.05) is 90.5 Å². The summed E-state index contributed by atoms with van der Waals surface area (Å²) in [5.74, 6) is 0.266. The summed E-state index contributed by atoms with van der Waals surface area (Å²) in [4.78, 5) is 30.5. The van der Waals surface area contributed by atoms with Crippen LogP contribution in [0.1, 0.15) is 43.0 Å². The molecule has 6 rings (SSSR count). The fraction of sp³-hybridized carbons (Fsp3) is 0.517. The maximum atomic E-state index is 12.8. The summed E-state index contributed by atoms with van der Waals surface area (Å²) in [5.41, 5.74) is 4.60. The van der Waals surface area contributed by atoms with Gasteiger partial charge >= 0.3 is 6.03 Å². The standard InChI is InChI=1S/C29H38N6OS/c1-20-18-35(29(36)32-22-5-3-4-6-22)10-9-24(20)26-17-31-28-25(26)15-21(16-30-28)27-8-7-23(37-27)19-34-13-11-33(2)12-14-34/h7-9,15-17,20,22H,3-6,10-14,18-19H2,1-2H3,(H,30,31)(H,32,36). The van der Waals surface area contributed by atoms with Crippen molar-refractivity contribution in [2.75, 3.05) is 46.3 Å². The van der Waals surface area contributed by atoms with Crippen molar-refractivity contribution in [2.24, 2.45) is 5.92 Å². The van der Waals surface area contributed by atoms with Gasteiger partial charge in [-0.25, -0.2) is 9.78 Å². The van der Waals surface area contributed by atoms with Gasteiger partial charge in [-0.2, -0.15) is 0 Å². The lowest BCUT2D eigenvalue weighted by molar-refractivity contribution is 0.149. The second-order valence-corrected chi connectivity index (χ2v) is 12.2. The summed E-state index contributed by atoms with van der Waals surface area (Å²) in [7, 11) is 2.20. The first kappa shape index (κ1) is 24.6. The molecular weight excluding hydrogens is 480 g/mol. The molecule has 0 bridgehead atoms. The van der Waals surface area contributed by atoms with Crippen molar-refractivity contribution in [3.63, 3.8) is 0 Å². The first-order valence-electron chi connectivity index (χ1n) is 13.8. The molecule has 0 radical (unpaired) electrons. The quantitative estimate of drug-likeness (QED) is 0.497. The topological polar surface area (TPSA) is 67.5 Å². The Hall–Kier alpha value is -2.68. The average Bonchev–Trinajstić information content (AvgIpc) is 3.67. The number of hydrogen-bond acceptors (Lipinski definition) is 5. The highest BCUT2D eigenvalue weighted by Crippen LogP contribution is 2.36. The van der Waals surface area contributed by atoms with E-state index in [1.165, 1.54) is 39.3 Å². The molecule has 1 unspecified atom stereocenters. The monoisotopic (exact) mass is 518 g/mol. The predicted octanol–water partition coefficient (Wildman–Crippen LogP) is 5.03. The number of aromatic nitrogens is 2. The number of aromatic amines is 1. The Labute approximate surface area is 223 Å². The van der Waals surface area contributed by atoms with E-state index in [1.54, 1.807) is 0 Å². The van der Waals surface area contributed by atoms with Crippen LogP contribution in [-0.2, 0) is 6.54 Å². The number of pyridine rings is 1. The van der Waals surface area contributed by atoms with Crippen LogP contribution in [0.4, 0.5) is 4.79 Å². The zero-order valence-electron chi connectivity index (χ0n) is 22.0. The molecule has 3 aromatic rings. The van der Waals surface area contributed by atoms with Crippen LogP contribution in [0.5, 0.6) is 0 Å². The molecule has 3 aromatic heterocycles. The first-order valence-corrected chi connectivity index (χ1v) is 14.6. The number of thiophene rings is 1. The van der Waals surface area contributed by atoms with Gasteiger partial charge in [-0.05, 0) is 49.6 Å². The fourth-order valence-electron chi connectivity index (χ4n) is 6.01. The molecule has 3 aliphatic rings. The van der Waals surface area contributed by atoms with E-state index < -0.39 is 0 Å². The Morgan fingerprint density at radius 3 is 2.78 bits per heavy atom. The molecule has 2 fully saturated rings. The number of urea groups is 1. The van der Waals surface area contributed by atoms with Crippen LogP contribution in [0.25, 0.3) is 27.0 Å². The normalized spacial score (nSPS) is 22.1. The van der Waals surface area contributed by atoms with Crippen LogP contribution in [-0.4, -0.2) is 83.1 Å². The van der Waals surface area contributed by atoms with Crippen molar-refractivity contribution in [1.82, 2.24) is 30.0 Å². The third-order valence-electron chi connectivity index (χ3n) is 8.29. The Bertz CT molecular complexity index is 1280. The Kier molecular flexibility index (Phi) is 7.06. The van der Waals surface area contributed by atoms with Crippen LogP contribution < -0.4 is 5.32 Å². The summed E-state index contributed by atoms with van der Waals surface area (Å²) in [6, 6.07) is 7.24. The maximum Gasteiger partial charge on any atom is 0.317 e. The van der Waals surface area contributed by atoms with E-state index in [1.807, 2.05) is 22.4 Å². The molecule has 37 heavy (non-hydrogen) atoms. The van der Waals surface area contributed by atoms with Gasteiger partial charge < -0.3 is 20.1 Å². The van der Waals surface area contributed by atoms with E-state index >= 15 is 0 Å². The molecule has 1 saturated heterocycles. The van der Waals surface area contributed by atoms with Crippen LogP contribution in [0.3, 0.4) is 0 Å². The zero-order chi connectivity index (χ0) is 25.4. The number of rotatable bonds is 5. The molecule has 2 amide bonds. The smallest absolute Gasteiger partial charge is 0.317 e. The number of hydrogen-bond donors (Lipinski definition) is 2. The maximum absolute atomic E-state index is 12.8. The lowest BCUT2D eigenvalue weighted by atomic mass is 9.90. The number of H-pyrrole nitrogens is 1. The lowest BCUT2D eigenvalue weighted by Crippen LogP contribution is -2.47. The van der Waals surface area contributed by atoms with Crippen molar-refractivity contribution >= 4 is 34.0 Å².